The Morgan fingerprint density at radius 3 is 2.48 bits per heavy atom. The summed E-state index contributed by atoms with van der Waals surface area (Å²) in [6.07, 6.45) is 4.46. The summed E-state index contributed by atoms with van der Waals surface area (Å²) in [6.45, 7) is 1.95. The predicted octanol–water partition coefficient (Wildman–Crippen LogP) is 3.95. The van der Waals surface area contributed by atoms with Crippen molar-refractivity contribution >= 4 is 26.7 Å². The monoisotopic (exact) mass is 356 g/mol. The maximum Gasteiger partial charge on any atom is 0.219 e. The first kappa shape index (κ1) is 15.1. The number of hydrogen-bond acceptors (Lipinski definition) is 7. The first-order valence-corrected chi connectivity index (χ1v) is 9.64. The molecule has 0 unspecified atom stereocenters. The fourth-order valence-electron chi connectivity index (χ4n) is 3.38. The first-order chi connectivity index (χ1) is 12.3. The van der Waals surface area contributed by atoms with Crippen LogP contribution in [0, 0.1) is 0 Å². The first-order valence-electron chi connectivity index (χ1n) is 8.83. The van der Waals surface area contributed by atoms with Gasteiger partial charge >= 0.3 is 0 Å². The van der Waals surface area contributed by atoms with Crippen LogP contribution < -0.4 is 9.64 Å². The van der Waals surface area contributed by atoms with E-state index >= 15 is 0 Å². The van der Waals surface area contributed by atoms with Gasteiger partial charge < -0.3 is 14.1 Å². The zero-order valence-corrected chi connectivity index (χ0v) is 15.0. The van der Waals surface area contributed by atoms with Crippen molar-refractivity contribution in [2.75, 3.05) is 25.1 Å². The number of piperidine rings is 1. The van der Waals surface area contributed by atoms with Gasteiger partial charge in [-0.3, -0.25) is 0 Å². The molecule has 1 saturated heterocycles. The van der Waals surface area contributed by atoms with E-state index in [-0.39, 0.29) is 0 Å². The number of methoxy groups -OCH3 is 1. The Morgan fingerprint density at radius 2 is 1.80 bits per heavy atom. The van der Waals surface area contributed by atoms with Crippen LogP contribution in [0.4, 0.5) is 5.13 Å². The Bertz CT molecular complexity index is 894. The number of fused-ring (bicyclic) bond motifs is 1. The van der Waals surface area contributed by atoms with Crippen molar-refractivity contribution in [1.29, 1.82) is 0 Å². The minimum absolute atomic E-state index is 0.380. The summed E-state index contributed by atoms with van der Waals surface area (Å²) in [5.74, 6) is 3.44. The van der Waals surface area contributed by atoms with Gasteiger partial charge in [0.1, 0.15) is 5.75 Å². The van der Waals surface area contributed by atoms with Crippen molar-refractivity contribution in [3.05, 3.63) is 30.0 Å². The van der Waals surface area contributed by atoms with Crippen LogP contribution in [-0.2, 0) is 0 Å². The van der Waals surface area contributed by atoms with Crippen LogP contribution in [0.1, 0.15) is 49.3 Å². The van der Waals surface area contributed by atoms with Gasteiger partial charge in [0, 0.05) is 31.0 Å². The molecule has 2 aliphatic rings. The second-order valence-electron chi connectivity index (χ2n) is 6.84. The van der Waals surface area contributed by atoms with Gasteiger partial charge in [0.05, 0.1) is 17.3 Å². The van der Waals surface area contributed by atoms with Crippen molar-refractivity contribution in [2.45, 2.75) is 37.5 Å². The molecule has 0 bridgehead atoms. The summed E-state index contributed by atoms with van der Waals surface area (Å²) in [7, 11) is 1.69. The molecule has 1 aliphatic heterocycles. The van der Waals surface area contributed by atoms with Gasteiger partial charge in [-0.1, -0.05) is 11.3 Å². The Kier molecular flexibility index (Phi) is 3.62. The standard InChI is InChI=1S/C18H20N4O2S/c1-23-13-4-5-15-14(10-13)19-18(25-15)22-8-6-12(7-9-22)17-21-20-16(24-17)11-2-3-11/h4-5,10-12H,2-3,6-9H2,1H3. The Morgan fingerprint density at radius 1 is 1.08 bits per heavy atom. The number of thiazole rings is 1. The molecule has 130 valence electrons. The lowest BCUT2D eigenvalue weighted by molar-refractivity contribution is 0.376. The van der Waals surface area contributed by atoms with Crippen LogP contribution >= 0.6 is 11.3 Å². The molecule has 1 aromatic carbocycles. The molecule has 3 heterocycles. The van der Waals surface area contributed by atoms with E-state index in [2.05, 4.69) is 21.2 Å². The molecule has 1 aliphatic carbocycles. The zero-order valence-electron chi connectivity index (χ0n) is 14.1. The molecule has 0 spiro atoms. The molecule has 0 N–H and O–H groups in total. The molecule has 1 saturated carbocycles. The van der Waals surface area contributed by atoms with Gasteiger partial charge in [0.2, 0.25) is 11.8 Å². The van der Waals surface area contributed by atoms with Gasteiger partial charge in [-0.05, 0) is 37.8 Å². The van der Waals surface area contributed by atoms with Crippen LogP contribution in [-0.4, -0.2) is 35.4 Å². The molecule has 6 nitrogen and oxygen atoms in total. The highest BCUT2D eigenvalue weighted by molar-refractivity contribution is 7.22. The number of anilines is 1. The van der Waals surface area contributed by atoms with Crippen molar-refractivity contribution in [3.8, 4) is 5.75 Å². The normalized spacial score (nSPS) is 18.8. The fourth-order valence-corrected chi connectivity index (χ4v) is 4.38. The van der Waals surface area contributed by atoms with Gasteiger partial charge in [-0.15, -0.1) is 10.2 Å². The summed E-state index contributed by atoms with van der Waals surface area (Å²) in [5.41, 5.74) is 1.01. The highest BCUT2D eigenvalue weighted by atomic mass is 32.1. The van der Waals surface area contributed by atoms with E-state index in [1.165, 1.54) is 17.5 Å². The third-order valence-corrected chi connectivity index (χ3v) is 6.18. The van der Waals surface area contributed by atoms with Crippen LogP contribution in [0.25, 0.3) is 10.2 Å². The van der Waals surface area contributed by atoms with Crippen molar-refractivity contribution < 1.29 is 9.15 Å². The molecular formula is C18H20N4O2S. The maximum absolute atomic E-state index is 5.89. The Balaban J connectivity index is 1.29. The zero-order chi connectivity index (χ0) is 16.8. The average molecular weight is 356 g/mol. The number of benzene rings is 1. The molecule has 5 rings (SSSR count). The van der Waals surface area contributed by atoms with Crippen molar-refractivity contribution in [2.24, 2.45) is 0 Å². The second-order valence-corrected chi connectivity index (χ2v) is 7.85. The number of nitrogens with zero attached hydrogens (tertiary/aromatic N) is 4. The minimum Gasteiger partial charge on any atom is -0.497 e. The molecule has 7 heteroatoms. The highest BCUT2D eigenvalue weighted by Gasteiger charge is 2.32. The number of ether oxygens (including phenoxy) is 1. The van der Waals surface area contributed by atoms with E-state index in [0.29, 0.717) is 11.8 Å². The van der Waals surface area contributed by atoms with Crippen molar-refractivity contribution in [1.82, 2.24) is 15.2 Å². The topological polar surface area (TPSA) is 64.3 Å². The third-order valence-electron chi connectivity index (χ3n) is 5.08. The van der Waals surface area contributed by atoms with Gasteiger partial charge in [0.15, 0.2) is 5.13 Å². The summed E-state index contributed by atoms with van der Waals surface area (Å²) >= 11 is 1.74. The smallest absolute Gasteiger partial charge is 0.219 e. The van der Waals surface area contributed by atoms with Crippen LogP contribution in [0.3, 0.4) is 0 Å². The molecule has 0 atom stereocenters. The SMILES string of the molecule is COc1ccc2sc(N3CCC(c4nnc(C5CC5)o4)CC3)nc2c1. The van der Waals surface area contributed by atoms with Crippen molar-refractivity contribution in [3.63, 3.8) is 0 Å². The maximum atomic E-state index is 5.89. The van der Waals surface area contributed by atoms with Crippen LogP contribution in [0.5, 0.6) is 5.75 Å². The molecule has 25 heavy (non-hydrogen) atoms. The second kappa shape index (κ2) is 5.98. The highest BCUT2D eigenvalue weighted by Crippen LogP contribution is 2.40. The summed E-state index contributed by atoms with van der Waals surface area (Å²) in [4.78, 5) is 7.16. The lowest BCUT2D eigenvalue weighted by Crippen LogP contribution is -2.32. The van der Waals surface area contributed by atoms with E-state index in [1.807, 2.05) is 12.1 Å². The van der Waals surface area contributed by atoms with Gasteiger partial charge in [0.25, 0.3) is 0 Å². The Hall–Kier alpha value is -2.15. The number of rotatable bonds is 4. The number of aromatic nitrogens is 3. The molecule has 3 aromatic rings. The minimum atomic E-state index is 0.380. The molecule has 2 aromatic heterocycles. The molecule has 0 amide bonds. The summed E-state index contributed by atoms with van der Waals surface area (Å²) < 4.78 is 12.4. The van der Waals surface area contributed by atoms with Gasteiger partial charge in [-0.25, -0.2) is 4.98 Å². The molecule has 0 radical (unpaired) electrons. The third kappa shape index (κ3) is 2.86. The summed E-state index contributed by atoms with van der Waals surface area (Å²) in [6, 6.07) is 6.07. The predicted molar refractivity (Wildman–Crippen MR) is 96.6 cm³/mol. The summed E-state index contributed by atoms with van der Waals surface area (Å²) in [5, 5.41) is 9.60. The van der Waals surface area contributed by atoms with E-state index in [4.69, 9.17) is 14.1 Å². The lowest BCUT2D eigenvalue weighted by Gasteiger charge is -2.30. The lowest BCUT2D eigenvalue weighted by atomic mass is 9.97. The average Bonchev–Trinajstić information content (AvgIpc) is 3.23. The fraction of sp³-hybridized carbons (Fsp3) is 0.500. The largest absolute Gasteiger partial charge is 0.497 e. The van der Waals surface area contributed by atoms with E-state index < -0.39 is 0 Å². The molecular weight excluding hydrogens is 336 g/mol. The van der Waals surface area contributed by atoms with Crippen LogP contribution in [0.2, 0.25) is 0 Å². The van der Waals surface area contributed by atoms with Gasteiger partial charge in [-0.2, -0.15) is 0 Å². The number of hydrogen-bond donors (Lipinski definition) is 0. The quantitative estimate of drug-likeness (QED) is 0.705. The van der Waals surface area contributed by atoms with E-state index in [9.17, 15) is 0 Å². The van der Waals surface area contributed by atoms with Crippen LogP contribution in [0.15, 0.2) is 22.6 Å². The van der Waals surface area contributed by atoms with E-state index in [0.717, 1.165) is 54.1 Å². The Labute approximate surface area is 149 Å². The van der Waals surface area contributed by atoms with E-state index in [1.54, 1.807) is 18.4 Å². The molecule has 2 fully saturated rings.